The maximum atomic E-state index is 11.0. The van der Waals surface area contributed by atoms with Gasteiger partial charge in [0.05, 0.1) is 6.54 Å². The second-order valence-electron chi connectivity index (χ2n) is 5.90. The molecule has 19 heavy (non-hydrogen) atoms. The first-order valence-corrected chi connectivity index (χ1v) is 7.22. The Balaban J connectivity index is 1.71. The van der Waals surface area contributed by atoms with Crippen LogP contribution in [0.5, 0.6) is 0 Å². The Morgan fingerprint density at radius 1 is 1.42 bits per heavy atom. The van der Waals surface area contributed by atoms with E-state index in [1.54, 1.807) is 6.92 Å². The number of likely N-dealkylation sites (tertiary alicyclic amines) is 1. The fraction of sp³-hybridized carbons (Fsp3) is 0.667. The largest absolute Gasteiger partial charge is 0.475 e. The number of aryl methyl sites for hydroxylation is 1. The van der Waals surface area contributed by atoms with Crippen LogP contribution in [0.4, 0.5) is 0 Å². The molecule has 1 aromatic rings. The van der Waals surface area contributed by atoms with Gasteiger partial charge in [0, 0.05) is 11.6 Å². The molecule has 0 bridgehead atoms. The number of hydrogen-bond acceptors (Lipinski definition) is 3. The molecule has 0 aromatic carbocycles. The lowest BCUT2D eigenvalue weighted by Gasteiger charge is -2.31. The Morgan fingerprint density at radius 3 is 2.95 bits per heavy atom. The fourth-order valence-corrected chi connectivity index (χ4v) is 3.74. The molecule has 1 saturated heterocycles. The monoisotopic (exact) mass is 263 g/mol. The SMILES string of the molecule is Cc1cc(CN2CCC3CCCCC32)oc1C(=O)O. The predicted octanol–water partition coefficient (Wildman–Crippen LogP) is 3.05. The number of fused-ring (bicyclic) bond motifs is 1. The third-order valence-corrected chi connectivity index (χ3v) is 4.65. The summed E-state index contributed by atoms with van der Waals surface area (Å²) in [6.45, 7) is 3.68. The second kappa shape index (κ2) is 5.00. The molecule has 2 heterocycles. The van der Waals surface area contributed by atoms with E-state index in [1.807, 2.05) is 6.07 Å². The zero-order chi connectivity index (χ0) is 13.4. The lowest BCUT2D eigenvalue weighted by molar-refractivity contribution is 0.0656. The minimum Gasteiger partial charge on any atom is -0.475 e. The van der Waals surface area contributed by atoms with Crippen LogP contribution in [0.3, 0.4) is 0 Å². The van der Waals surface area contributed by atoms with Gasteiger partial charge in [-0.15, -0.1) is 0 Å². The van der Waals surface area contributed by atoms with Crippen LogP contribution >= 0.6 is 0 Å². The van der Waals surface area contributed by atoms with E-state index in [2.05, 4.69) is 4.90 Å². The van der Waals surface area contributed by atoms with Gasteiger partial charge < -0.3 is 9.52 Å². The lowest BCUT2D eigenvalue weighted by Crippen LogP contribution is -2.34. The number of carboxylic acids is 1. The molecule has 2 unspecified atom stereocenters. The van der Waals surface area contributed by atoms with Crippen LogP contribution in [0.1, 0.15) is 54.0 Å². The molecular weight excluding hydrogens is 242 g/mol. The van der Waals surface area contributed by atoms with E-state index in [1.165, 1.54) is 32.1 Å². The first kappa shape index (κ1) is 12.7. The summed E-state index contributed by atoms with van der Waals surface area (Å²) in [6, 6.07) is 2.56. The predicted molar refractivity (Wildman–Crippen MR) is 71.2 cm³/mol. The van der Waals surface area contributed by atoms with Crippen LogP contribution in [-0.4, -0.2) is 28.6 Å². The summed E-state index contributed by atoms with van der Waals surface area (Å²) in [5.74, 6) is 0.764. The molecular formula is C15H21NO3. The topological polar surface area (TPSA) is 53.7 Å². The molecule has 0 spiro atoms. The molecule has 2 fully saturated rings. The number of hydrogen-bond donors (Lipinski definition) is 1. The van der Waals surface area contributed by atoms with Crippen LogP contribution < -0.4 is 0 Å². The molecule has 2 atom stereocenters. The highest BCUT2D eigenvalue weighted by molar-refractivity contribution is 5.86. The van der Waals surface area contributed by atoms with E-state index in [-0.39, 0.29) is 5.76 Å². The average molecular weight is 263 g/mol. The Labute approximate surface area is 113 Å². The number of nitrogens with zero attached hydrogens (tertiary/aromatic N) is 1. The van der Waals surface area contributed by atoms with E-state index < -0.39 is 5.97 Å². The van der Waals surface area contributed by atoms with Crippen molar-refractivity contribution < 1.29 is 14.3 Å². The summed E-state index contributed by atoms with van der Waals surface area (Å²) < 4.78 is 5.48. The van der Waals surface area contributed by atoms with Crippen LogP contribution in [0.25, 0.3) is 0 Å². The number of furan rings is 1. The van der Waals surface area contributed by atoms with Crippen molar-refractivity contribution in [1.82, 2.24) is 4.90 Å². The minimum absolute atomic E-state index is 0.0920. The van der Waals surface area contributed by atoms with Gasteiger partial charge in [-0.05, 0) is 44.7 Å². The van der Waals surface area contributed by atoms with Gasteiger partial charge in [-0.1, -0.05) is 12.8 Å². The van der Waals surface area contributed by atoms with Gasteiger partial charge >= 0.3 is 5.97 Å². The molecule has 0 radical (unpaired) electrons. The summed E-state index contributed by atoms with van der Waals surface area (Å²) >= 11 is 0. The first-order chi connectivity index (χ1) is 9.15. The van der Waals surface area contributed by atoms with Gasteiger partial charge in [0.1, 0.15) is 5.76 Å². The molecule has 1 aliphatic carbocycles. The highest BCUT2D eigenvalue weighted by Gasteiger charge is 2.35. The third kappa shape index (κ3) is 2.41. The Bertz CT molecular complexity index is 480. The van der Waals surface area contributed by atoms with Crippen LogP contribution in [0.2, 0.25) is 0 Å². The number of carbonyl (C=O) groups is 1. The number of rotatable bonds is 3. The standard InChI is InChI=1S/C15H21NO3/c1-10-8-12(19-14(10)15(17)18)9-16-7-6-11-4-2-3-5-13(11)16/h8,11,13H,2-7,9H2,1H3,(H,17,18). The van der Waals surface area contributed by atoms with Crippen LogP contribution in [0, 0.1) is 12.8 Å². The fourth-order valence-electron chi connectivity index (χ4n) is 3.74. The highest BCUT2D eigenvalue weighted by atomic mass is 16.4. The summed E-state index contributed by atoms with van der Waals surface area (Å²) in [7, 11) is 0. The third-order valence-electron chi connectivity index (χ3n) is 4.65. The number of aromatic carboxylic acids is 1. The van der Waals surface area contributed by atoms with Crippen molar-refractivity contribution in [1.29, 1.82) is 0 Å². The van der Waals surface area contributed by atoms with Crippen molar-refractivity contribution in [2.45, 2.75) is 51.6 Å². The summed E-state index contributed by atoms with van der Waals surface area (Å²) in [6.07, 6.45) is 6.64. The van der Waals surface area contributed by atoms with Crippen molar-refractivity contribution in [3.8, 4) is 0 Å². The zero-order valence-corrected chi connectivity index (χ0v) is 11.4. The molecule has 104 valence electrons. The quantitative estimate of drug-likeness (QED) is 0.910. The molecule has 1 saturated carbocycles. The van der Waals surface area contributed by atoms with Crippen molar-refractivity contribution in [3.63, 3.8) is 0 Å². The Kier molecular flexibility index (Phi) is 3.35. The van der Waals surface area contributed by atoms with Gasteiger partial charge in [0.25, 0.3) is 0 Å². The van der Waals surface area contributed by atoms with Gasteiger partial charge in [-0.25, -0.2) is 4.79 Å². The van der Waals surface area contributed by atoms with E-state index in [9.17, 15) is 4.79 Å². The van der Waals surface area contributed by atoms with Crippen molar-refractivity contribution in [2.75, 3.05) is 6.54 Å². The van der Waals surface area contributed by atoms with E-state index in [0.29, 0.717) is 6.04 Å². The molecule has 3 rings (SSSR count). The maximum Gasteiger partial charge on any atom is 0.372 e. The Hall–Kier alpha value is -1.29. The normalized spacial score (nSPS) is 27.4. The molecule has 4 nitrogen and oxygen atoms in total. The van der Waals surface area contributed by atoms with E-state index in [4.69, 9.17) is 9.52 Å². The smallest absolute Gasteiger partial charge is 0.372 e. The van der Waals surface area contributed by atoms with Gasteiger partial charge in [-0.3, -0.25) is 4.90 Å². The number of carboxylic acid groups (broad SMARTS) is 1. The molecule has 4 heteroatoms. The second-order valence-corrected chi connectivity index (χ2v) is 5.90. The van der Waals surface area contributed by atoms with Crippen LogP contribution in [0.15, 0.2) is 10.5 Å². The van der Waals surface area contributed by atoms with E-state index in [0.717, 1.165) is 30.3 Å². The van der Waals surface area contributed by atoms with Gasteiger partial charge in [0.15, 0.2) is 0 Å². The van der Waals surface area contributed by atoms with Gasteiger partial charge in [-0.2, -0.15) is 0 Å². The van der Waals surface area contributed by atoms with Crippen molar-refractivity contribution in [3.05, 3.63) is 23.2 Å². The lowest BCUT2D eigenvalue weighted by atomic mass is 9.85. The molecule has 1 N–H and O–H groups in total. The minimum atomic E-state index is -0.972. The van der Waals surface area contributed by atoms with Crippen molar-refractivity contribution >= 4 is 5.97 Å². The van der Waals surface area contributed by atoms with Gasteiger partial charge in [0.2, 0.25) is 5.76 Å². The molecule has 0 amide bonds. The first-order valence-electron chi connectivity index (χ1n) is 7.22. The molecule has 1 aromatic heterocycles. The Morgan fingerprint density at radius 2 is 2.21 bits per heavy atom. The maximum absolute atomic E-state index is 11.0. The van der Waals surface area contributed by atoms with Crippen molar-refractivity contribution in [2.24, 2.45) is 5.92 Å². The zero-order valence-electron chi connectivity index (χ0n) is 11.4. The molecule has 1 aliphatic heterocycles. The highest BCUT2D eigenvalue weighted by Crippen LogP contribution is 2.37. The summed E-state index contributed by atoms with van der Waals surface area (Å²) in [5.41, 5.74) is 0.724. The van der Waals surface area contributed by atoms with Crippen LogP contribution in [-0.2, 0) is 6.54 Å². The summed E-state index contributed by atoms with van der Waals surface area (Å²) in [5, 5.41) is 9.02. The van der Waals surface area contributed by atoms with E-state index >= 15 is 0 Å². The summed E-state index contributed by atoms with van der Waals surface area (Å²) in [4.78, 5) is 13.5. The average Bonchev–Trinajstić information content (AvgIpc) is 2.95. The molecule has 2 aliphatic rings.